The van der Waals surface area contributed by atoms with Crippen LogP contribution >= 0.6 is 0 Å². The number of nitrogens with one attached hydrogen (secondary N) is 1. The van der Waals surface area contributed by atoms with Crippen molar-refractivity contribution in [2.24, 2.45) is 5.41 Å². The quantitative estimate of drug-likeness (QED) is 0.916. The third-order valence-electron chi connectivity index (χ3n) is 4.63. The maximum absolute atomic E-state index is 12.4. The van der Waals surface area contributed by atoms with E-state index in [-0.39, 0.29) is 29.6 Å². The smallest absolute Gasteiger partial charge is 0.273 e. The summed E-state index contributed by atoms with van der Waals surface area (Å²) in [6.45, 7) is 8.30. The van der Waals surface area contributed by atoms with Crippen LogP contribution in [0.1, 0.15) is 44.6 Å². The first-order chi connectivity index (χ1) is 11.4. The molecule has 0 spiro atoms. The molecule has 6 nitrogen and oxygen atoms in total. The van der Waals surface area contributed by atoms with Crippen molar-refractivity contribution in [1.82, 2.24) is 20.3 Å². The molecule has 1 aromatic carbocycles. The highest BCUT2D eigenvalue weighted by molar-refractivity contribution is 5.92. The molecule has 1 aliphatic rings. The molecule has 1 saturated carbocycles. The second-order valence-electron chi connectivity index (χ2n) is 7.11. The van der Waals surface area contributed by atoms with Gasteiger partial charge < -0.3 is 10.1 Å². The van der Waals surface area contributed by atoms with Gasteiger partial charge in [0.1, 0.15) is 0 Å². The highest BCUT2D eigenvalue weighted by Crippen LogP contribution is 2.43. The summed E-state index contributed by atoms with van der Waals surface area (Å²) in [4.78, 5) is 13.9. The normalized spacial score (nSPS) is 22.2. The molecule has 1 fully saturated rings. The number of benzene rings is 1. The molecule has 0 aliphatic heterocycles. The van der Waals surface area contributed by atoms with Gasteiger partial charge >= 0.3 is 0 Å². The maximum Gasteiger partial charge on any atom is 0.273 e. The Morgan fingerprint density at radius 3 is 2.67 bits per heavy atom. The van der Waals surface area contributed by atoms with Gasteiger partial charge in [-0.05, 0) is 32.4 Å². The molecular weight excluding hydrogens is 304 g/mol. The number of carbonyl (C=O) groups is 1. The summed E-state index contributed by atoms with van der Waals surface area (Å²) >= 11 is 0. The molecule has 0 bridgehead atoms. The number of hydrogen-bond acceptors (Lipinski definition) is 4. The van der Waals surface area contributed by atoms with E-state index in [1.165, 1.54) is 11.0 Å². The Balaban J connectivity index is 1.63. The van der Waals surface area contributed by atoms with Gasteiger partial charge in [0.05, 0.1) is 24.1 Å². The first kappa shape index (κ1) is 16.6. The van der Waals surface area contributed by atoms with Crippen molar-refractivity contribution in [2.75, 3.05) is 0 Å². The number of rotatable bonds is 5. The molecule has 2 aromatic rings. The van der Waals surface area contributed by atoms with E-state index in [4.69, 9.17) is 4.74 Å². The largest absolute Gasteiger partial charge is 0.375 e. The number of aromatic nitrogens is 3. The van der Waals surface area contributed by atoms with E-state index >= 15 is 0 Å². The fraction of sp³-hybridized carbons (Fsp3) is 0.500. The summed E-state index contributed by atoms with van der Waals surface area (Å²) in [5.74, 6) is -0.196. The highest BCUT2D eigenvalue weighted by Gasteiger charge is 2.50. The molecule has 6 heteroatoms. The number of amides is 1. The fourth-order valence-corrected chi connectivity index (χ4v) is 2.97. The van der Waals surface area contributed by atoms with Crippen LogP contribution in [0.3, 0.4) is 0 Å². The van der Waals surface area contributed by atoms with Gasteiger partial charge in [-0.1, -0.05) is 32.0 Å². The van der Waals surface area contributed by atoms with Gasteiger partial charge in [0, 0.05) is 11.5 Å². The summed E-state index contributed by atoms with van der Waals surface area (Å²) in [6, 6.07) is 9.61. The van der Waals surface area contributed by atoms with Crippen LogP contribution in [0.4, 0.5) is 0 Å². The van der Waals surface area contributed by atoms with Crippen molar-refractivity contribution in [3.63, 3.8) is 0 Å². The van der Waals surface area contributed by atoms with E-state index in [1.807, 2.05) is 44.2 Å². The van der Waals surface area contributed by atoms with Crippen molar-refractivity contribution >= 4 is 5.91 Å². The van der Waals surface area contributed by atoms with Crippen LogP contribution in [0.5, 0.6) is 0 Å². The number of ether oxygens (including phenoxy) is 1. The van der Waals surface area contributed by atoms with E-state index in [0.717, 1.165) is 12.1 Å². The predicted octanol–water partition coefficient (Wildman–Crippen LogP) is 2.59. The monoisotopic (exact) mass is 328 g/mol. The second-order valence-corrected chi connectivity index (χ2v) is 7.11. The lowest BCUT2D eigenvalue weighted by Crippen LogP contribution is -2.62. The van der Waals surface area contributed by atoms with Gasteiger partial charge in [0.2, 0.25) is 0 Å². The van der Waals surface area contributed by atoms with Gasteiger partial charge in [0.25, 0.3) is 5.91 Å². The zero-order valence-electron chi connectivity index (χ0n) is 14.6. The van der Waals surface area contributed by atoms with Crippen LogP contribution < -0.4 is 5.32 Å². The molecule has 24 heavy (non-hydrogen) atoms. The lowest BCUT2D eigenvalue weighted by atomic mass is 9.64. The summed E-state index contributed by atoms with van der Waals surface area (Å²) in [5, 5.41) is 11.5. The van der Waals surface area contributed by atoms with Gasteiger partial charge in [0.15, 0.2) is 5.69 Å². The predicted molar refractivity (Wildman–Crippen MR) is 91.0 cm³/mol. The number of para-hydroxylation sites is 1. The van der Waals surface area contributed by atoms with Crippen LogP contribution in [0.15, 0.2) is 36.5 Å². The third kappa shape index (κ3) is 3.19. The summed E-state index contributed by atoms with van der Waals surface area (Å²) in [6.07, 6.45) is 2.68. The first-order valence-corrected chi connectivity index (χ1v) is 8.32. The average Bonchev–Trinajstić information content (AvgIpc) is 3.04. The molecule has 3 rings (SSSR count). The van der Waals surface area contributed by atoms with E-state index in [1.54, 1.807) is 0 Å². The number of carbonyl (C=O) groups excluding carboxylic acids is 1. The SMILES string of the molecule is CC(C)OC1CC(NC(=O)c2cnn(-c3ccccc3)n2)C1(C)C. The van der Waals surface area contributed by atoms with Crippen molar-refractivity contribution in [1.29, 1.82) is 0 Å². The molecule has 0 saturated heterocycles. The lowest BCUT2D eigenvalue weighted by molar-refractivity contribution is -0.136. The zero-order valence-corrected chi connectivity index (χ0v) is 14.6. The minimum Gasteiger partial charge on any atom is -0.375 e. The molecule has 1 heterocycles. The van der Waals surface area contributed by atoms with Gasteiger partial charge in [-0.3, -0.25) is 4.79 Å². The number of hydrogen-bond donors (Lipinski definition) is 1. The Labute approximate surface area is 142 Å². The van der Waals surface area contributed by atoms with Crippen LogP contribution in [-0.4, -0.2) is 39.2 Å². The average molecular weight is 328 g/mol. The molecule has 1 aromatic heterocycles. The Hall–Kier alpha value is -2.21. The number of nitrogens with zero attached hydrogens (tertiary/aromatic N) is 3. The highest BCUT2D eigenvalue weighted by atomic mass is 16.5. The van der Waals surface area contributed by atoms with E-state index in [9.17, 15) is 4.79 Å². The Bertz CT molecular complexity index is 709. The van der Waals surface area contributed by atoms with Gasteiger partial charge in [-0.15, -0.1) is 5.10 Å². The fourth-order valence-electron chi connectivity index (χ4n) is 2.97. The summed E-state index contributed by atoms with van der Waals surface area (Å²) in [5.41, 5.74) is 1.06. The zero-order chi connectivity index (χ0) is 17.3. The van der Waals surface area contributed by atoms with Crippen molar-refractivity contribution < 1.29 is 9.53 Å². The van der Waals surface area contributed by atoms with Gasteiger partial charge in [-0.25, -0.2) is 0 Å². The van der Waals surface area contributed by atoms with E-state index in [2.05, 4.69) is 29.4 Å². The molecule has 1 aliphatic carbocycles. The van der Waals surface area contributed by atoms with Crippen molar-refractivity contribution in [3.8, 4) is 5.69 Å². The van der Waals surface area contributed by atoms with Gasteiger partial charge in [-0.2, -0.15) is 9.90 Å². The molecule has 2 atom stereocenters. The third-order valence-corrected chi connectivity index (χ3v) is 4.63. The molecule has 128 valence electrons. The Morgan fingerprint density at radius 2 is 2.04 bits per heavy atom. The lowest BCUT2D eigenvalue weighted by Gasteiger charge is -2.52. The van der Waals surface area contributed by atoms with Crippen LogP contribution in [0.25, 0.3) is 5.69 Å². The van der Waals surface area contributed by atoms with Crippen LogP contribution in [0, 0.1) is 5.41 Å². The molecule has 0 radical (unpaired) electrons. The standard InChI is InChI=1S/C18H24N4O2/c1-12(2)24-16-10-15(18(16,3)4)20-17(23)14-11-19-22(21-14)13-8-6-5-7-9-13/h5-9,11-12,15-16H,10H2,1-4H3,(H,20,23). The molecule has 2 unspecified atom stereocenters. The Morgan fingerprint density at radius 1 is 1.33 bits per heavy atom. The summed E-state index contributed by atoms with van der Waals surface area (Å²) < 4.78 is 5.90. The topological polar surface area (TPSA) is 69.0 Å². The molecule has 1 N–H and O–H groups in total. The van der Waals surface area contributed by atoms with Crippen molar-refractivity contribution in [2.45, 2.75) is 52.4 Å². The molecule has 1 amide bonds. The Kier molecular flexibility index (Phi) is 4.41. The minimum absolute atomic E-state index is 0.0793. The summed E-state index contributed by atoms with van der Waals surface area (Å²) in [7, 11) is 0. The molecular formula is C18H24N4O2. The van der Waals surface area contributed by atoms with Crippen molar-refractivity contribution in [3.05, 3.63) is 42.2 Å². The van der Waals surface area contributed by atoms with Crippen LogP contribution in [-0.2, 0) is 4.74 Å². The second kappa shape index (κ2) is 6.36. The van der Waals surface area contributed by atoms with E-state index in [0.29, 0.717) is 5.69 Å². The van der Waals surface area contributed by atoms with E-state index < -0.39 is 0 Å². The first-order valence-electron chi connectivity index (χ1n) is 8.32. The van der Waals surface area contributed by atoms with Crippen LogP contribution in [0.2, 0.25) is 0 Å². The minimum atomic E-state index is -0.196. The maximum atomic E-state index is 12.4.